The van der Waals surface area contributed by atoms with E-state index in [1.165, 1.54) is 11.9 Å². The van der Waals surface area contributed by atoms with Gasteiger partial charge in [-0.1, -0.05) is 4.99 Å². The lowest BCUT2D eigenvalue weighted by atomic mass is 10.1. The first kappa shape index (κ1) is 9.94. The summed E-state index contributed by atoms with van der Waals surface area (Å²) in [6, 6.07) is -0.900. The molecule has 1 fully saturated rings. The Morgan fingerprint density at radius 2 is 2.18 bits per heavy atom. The summed E-state index contributed by atoms with van der Waals surface area (Å²) in [6.45, 7) is 0.502. The molecule has 0 bridgehead atoms. The maximum atomic E-state index is 12.1. The van der Waals surface area contributed by atoms with E-state index in [0.717, 1.165) is 4.90 Å². The molecule has 0 spiro atoms. The van der Waals surface area contributed by atoms with Crippen molar-refractivity contribution in [1.29, 1.82) is 0 Å². The molecule has 1 atom stereocenters. The van der Waals surface area contributed by atoms with Gasteiger partial charge in [0.05, 0.1) is 6.21 Å². The number of hydrogen-bond acceptors (Lipinski definition) is 5. The summed E-state index contributed by atoms with van der Waals surface area (Å²) >= 11 is 0. The number of carbonyl (C=O) groups is 2. The van der Waals surface area contributed by atoms with Gasteiger partial charge < -0.3 is 0 Å². The third kappa shape index (κ3) is 1.14. The lowest BCUT2D eigenvalue weighted by Crippen LogP contribution is -2.61. The van der Waals surface area contributed by atoms with Crippen LogP contribution in [0.2, 0.25) is 0 Å². The molecule has 0 saturated carbocycles. The number of hydrogen-bond donors (Lipinski definition) is 1. The molecule has 8 nitrogen and oxygen atoms in total. The number of urea groups is 1. The first-order valence-electron chi connectivity index (χ1n) is 5.16. The molecule has 0 radical (unpaired) electrons. The number of carbonyl (C=O) groups excluding carboxylic acids is 2. The van der Waals surface area contributed by atoms with Crippen LogP contribution in [-0.4, -0.2) is 71.0 Å². The minimum Gasteiger partial charge on any atom is -0.270 e. The van der Waals surface area contributed by atoms with Crippen LogP contribution in [0.1, 0.15) is 0 Å². The number of fused-ring (bicyclic) bond motifs is 2. The van der Waals surface area contributed by atoms with E-state index in [-0.39, 0.29) is 11.9 Å². The zero-order valence-corrected chi connectivity index (χ0v) is 9.41. The molecule has 3 heterocycles. The third-order valence-corrected chi connectivity index (χ3v) is 3.06. The van der Waals surface area contributed by atoms with Crippen molar-refractivity contribution in [2.75, 3.05) is 20.6 Å². The minimum absolute atomic E-state index is 0.265. The quantitative estimate of drug-likeness (QED) is 0.505. The maximum absolute atomic E-state index is 12.1. The van der Waals surface area contributed by atoms with E-state index in [1.54, 1.807) is 17.8 Å². The molecule has 0 aliphatic carbocycles. The molecule has 0 aromatic heterocycles. The number of imide groups is 1. The summed E-state index contributed by atoms with van der Waals surface area (Å²) in [5, 5.41) is 3.88. The van der Waals surface area contributed by atoms with Crippen molar-refractivity contribution < 1.29 is 14.2 Å². The molecule has 88 valence electrons. The number of guanidine groups is 1. The number of nitrogens with one attached hydrogen (secondary N) is 1. The smallest absolute Gasteiger partial charge is 0.270 e. The van der Waals surface area contributed by atoms with Crippen molar-refractivity contribution in [3.63, 3.8) is 0 Å². The highest BCUT2D eigenvalue weighted by molar-refractivity contribution is 6.22. The summed E-state index contributed by atoms with van der Waals surface area (Å²) in [5.74, 6) is 0.695. The van der Waals surface area contributed by atoms with Crippen LogP contribution in [0.25, 0.3) is 0 Å². The second-order valence-electron chi connectivity index (χ2n) is 4.01. The standard InChI is InChI=1S/C9H10N6O2/c1-13-6-5(7(16)14(2)9(13)17)15-4-3-10-12-8(15)11-6/h3,5H,4H2,1-2H3/p+1. The van der Waals surface area contributed by atoms with Crippen molar-refractivity contribution in [3.05, 3.63) is 0 Å². The van der Waals surface area contributed by atoms with Crippen LogP contribution in [0.4, 0.5) is 4.79 Å². The summed E-state index contributed by atoms with van der Waals surface area (Å²) in [5.41, 5.74) is 2.72. The second-order valence-corrected chi connectivity index (χ2v) is 4.01. The molecule has 3 rings (SSSR count). The average molecular weight is 235 g/mol. The Bertz CT molecular complexity index is 520. The molecular weight excluding hydrogens is 224 g/mol. The van der Waals surface area contributed by atoms with E-state index in [2.05, 4.69) is 15.5 Å². The van der Waals surface area contributed by atoms with E-state index < -0.39 is 6.04 Å². The fraction of sp³-hybridized carbons (Fsp3) is 0.444. The average Bonchev–Trinajstić information content (AvgIpc) is 2.73. The lowest BCUT2D eigenvalue weighted by molar-refractivity contribution is -0.523. The number of amides is 3. The van der Waals surface area contributed by atoms with E-state index in [0.29, 0.717) is 18.3 Å². The monoisotopic (exact) mass is 235 g/mol. The molecule has 17 heavy (non-hydrogen) atoms. The van der Waals surface area contributed by atoms with Gasteiger partial charge in [-0.15, -0.1) is 5.10 Å². The first-order chi connectivity index (χ1) is 8.11. The number of likely N-dealkylation sites (N-methyl/N-ethyl adjacent to an activating group) is 2. The van der Waals surface area contributed by atoms with Crippen molar-refractivity contribution >= 4 is 29.9 Å². The van der Waals surface area contributed by atoms with Gasteiger partial charge in [-0.25, -0.2) is 9.37 Å². The van der Waals surface area contributed by atoms with Gasteiger partial charge in [-0.3, -0.25) is 14.6 Å². The van der Waals surface area contributed by atoms with Crippen LogP contribution in [-0.2, 0) is 4.79 Å². The first-order valence-corrected chi connectivity index (χ1v) is 5.16. The Kier molecular flexibility index (Phi) is 1.83. The minimum atomic E-state index is -0.531. The Balaban J connectivity index is 2.06. The number of hydrazone groups is 1. The molecule has 0 aromatic carbocycles. The van der Waals surface area contributed by atoms with E-state index in [9.17, 15) is 9.59 Å². The Morgan fingerprint density at radius 3 is 2.94 bits per heavy atom. The zero-order valence-electron chi connectivity index (χ0n) is 9.41. The van der Waals surface area contributed by atoms with Crippen LogP contribution in [0.5, 0.6) is 0 Å². The Labute approximate surface area is 96.9 Å². The number of rotatable bonds is 0. The van der Waals surface area contributed by atoms with Crippen molar-refractivity contribution in [2.45, 2.75) is 6.04 Å². The molecular formula is C9H11N6O2+. The molecule has 1 N–H and O–H groups in total. The number of aliphatic imine (C=N–C) groups is 1. The van der Waals surface area contributed by atoms with Crippen LogP contribution < -0.4 is 5.43 Å². The third-order valence-electron chi connectivity index (χ3n) is 3.06. The number of amidine groups is 1. The molecule has 1 saturated heterocycles. The van der Waals surface area contributed by atoms with Crippen molar-refractivity contribution in [2.24, 2.45) is 10.1 Å². The van der Waals surface area contributed by atoms with E-state index in [1.807, 2.05) is 0 Å². The molecule has 3 amide bonds. The van der Waals surface area contributed by atoms with Crippen molar-refractivity contribution in [3.8, 4) is 0 Å². The fourth-order valence-electron chi connectivity index (χ4n) is 2.11. The predicted octanol–water partition coefficient (Wildman–Crippen LogP) is -1.75. The van der Waals surface area contributed by atoms with E-state index in [4.69, 9.17) is 0 Å². The molecule has 8 heteroatoms. The van der Waals surface area contributed by atoms with Crippen LogP contribution in [0.15, 0.2) is 10.1 Å². The van der Waals surface area contributed by atoms with Gasteiger partial charge in [0.2, 0.25) is 11.9 Å². The summed E-state index contributed by atoms with van der Waals surface area (Å²) in [4.78, 5) is 30.6. The summed E-state index contributed by atoms with van der Waals surface area (Å²) < 4.78 is 1.78. The molecule has 3 aliphatic rings. The van der Waals surface area contributed by atoms with Gasteiger partial charge in [0.15, 0.2) is 0 Å². The van der Waals surface area contributed by atoms with Gasteiger partial charge in [0.25, 0.3) is 5.91 Å². The lowest BCUT2D eigenvalue weighted by Gasteiger charge is -2.31. The fourth-order valence-corrected chi connectivity index (χ4v) is 2.11. The molecule has 1 unspecified atom stereocenters. The maximum Gasteiger partial charge on any atom is 0.414 e. The summed E-state index contributed by atoms with van der Waals surface area (Å²) in [6.07, 6.45) is 1.66. The van der Waals surface area contributed by atoms with Gasteiger partial charge >= 0.3 is 12.0 Å². The SMILES string of the molecule is CN1C(=O)C2C(=NC3=[N+]2CC=NN3)N(C)C1=O. The highest BCUT2D eigenvalue weighted by atomic mass is 16.2. The molecule has 3 aliphatic heterocycles. The summed E-state index contributed by atoms with van der Waals surface area (Å²) in [7, 11) is 3.08. The second kappa shape index (κ2) is 3.12. The predicted molar refractivity (Wildman–Crippen MR) is 58.9 cm³/mol. The normalized spacial score (nSPS) is 26.9. The number of nitrogens with zero attached hydrogens (tertiary/aromatic N) is 5. The van der Waals surface area contributed by atoms with E-state index >= 15 is 0 Å². The van der Waals surface area contributed by atoms with Gasteiger partial charge in [-0.2, -0.15) is 5.43 Å². The highest BCUT2D eigenvalue weighted by Gasteiger charge is 2.51. The largest absolute Gasteiger partial charge is 0.414 e. The molecule has 0 aromatic rings. The van der Waals surface area contributed by atoms with Crippen LogP contribution >= 0.6 is 0 Å². The van der Waals surface area contributed by atoms with Gasteiger partial charge in [-0.05, 0) is 0 Å². The highest BCUT2D eigenvalue weighted by Crippen LogP contribution is 2.18. The Morgan fingerprint density at radius 1 is 1.41 bits per heavy atom. The topological polar surface area (TPSA) is 80.4 Å². The van der Waals surface area contributed by atoms with Crippen molar-refractivity contribution in [1.82, 2.24) is 15.2 Å². The zero-order chi connectivity index (χ0) is 12.2. The Hall–Kier alpha value is -2.25. The van der Waals surface area contributed by atoms with Crippen LogP contribution in [0, 0.1) is 0 Å². The van der Waals surface area contributed by atoms with Crippen LogP contribution in [0.3, 0.4) is 0 Å². The van der Waals surface area contributed by atoms with Gasteiger partial charge in [0.1, 0.15) is 6.54 Å². The van der Waals surface area contributed by atoms with Gasteiger partial charge in [0, 0.05) is 14.1 Å².